The van der Waals surface area contributed by atoms with E-state index in [-0.39, 0.29) is 12.1 Å². The summed E-state index contributed by atoms with van der Waals surface area (Å²) < 4.78 is 0. The molecule has 0 aromatic heterocycles. The lowest BCUT2D eigenvalue weighted by Crippen LogP contribution is -2.31. The number of rotatable bonds is 1. The fourth-order valence-electron chi connectivity index (χ4n) is 1.30. The highest BCUT2D eigenvalue weighted by molar-refractivity contribution is 5.73. The Hall–Kier alpha value is -1.22. The molecule has 1 amide bonds. The van der Waals surface area contributed by atoms with Gasteiger partial charge in [0, 0.05) is 18.4 Å². The Kier molecular flexibility index (Phi) is 2.33. The summed E-state index contributed by atoms with van der Waals surface area (Å²) in [6.07, 6.45) is 1.49. The molecule has 0 aliphatic carbocycles. The molecule has 5 nitrogen and oxygen atoms in total. The van der Waals surface area contributed by atoms with Crippen LogP contribution in [0.15, 0.2) is 5.11 Å². The molecule has 1 saturated heterocycles. The van der Waals surface area contributed by atoms with Crippen molar-refractivity contribution in [2.45, 2.75) is 25.9 Å². The van der Waals surface area contributed by atoms with E-state index in [1.165, 1.54) is 6.92 Å². The Morgan fingerprint density at radius 3 is 3.09 bits per heavy atom. The maximum Gasteiger partial charge on any atom is 0.219 e. The second-order valence-electron chi connectivity index (χ2n) is 2.54. The Labute approximate surface area is 64.6 Å². The molecule has 0 bridgehead atoms. The van der Waals surface area contributed by atoms with Gasteiger partial charge in [0.1, 0.15) is 6.17 Å². The van der Waals surface area contributed by atoms with Crippen LogP contribution in [0.4, 0.5) is 0 Å². The van der Waals surface area contributed by atoms with Gasteiger partial charge in [0.2, 0.25) is 5.91 Å². The number of azide groups is 1. The molecule has 0 N–H and O–H groups in total. The number of carbonyl (C=O) groups excluding carboxylic acids is 1. The largest absolute Gasteiger partial charge is 0.334 e. The summed E-state index contributed by atoms with van der Waals surface area (Å²) in [6.45, 7) is 2.21. The van der Waals surface area contributed by atoms with E-state index in [0.29, 0.717) is 0 Å². The molecule has 0 aromatic carbocycles. The standard InChI is InChI=1S/C6H10N4O/c1-5(11)10-4-2-3-6(10)8-9-7/h6H,2-4H2,1H3. The van der Waals surface area contributed by atoms with E-state index < -0.39 is 0 Å². The summed E-state index contributed by atoms with van der Waals surface area (Å²) in [5.74, 6) is -0.0140. The van der Waals surface area contributed by atoms with Crippen LogP contribution in [-0.4, -0.2) is 23.5 Å². The molecule has 11 heavy (non-hydrogen) atoms. The molecule has 1 rings (SSSR count). The van der Waals surface area contributed by atoms with Gasteiger partial charge >= 0.3 is 0 Å². The van der Waals surface area contributed by atoms with Crippen molar-refractivity contribution in [3.63, 3.8) is 0 Å². The Morgan fingerprint density at radius 1 is 1.82 bits per heavy atom. The normalized spacial score (nSPS) is 23.0. The van der Waals surface area contributed by atoms with Crippen LogP contribution in [0.1, 0.15) is 19.8 Å². The van der Waals surface area contributed by atoms with Crippen LogP contribution >= 0.6 is 0 Å². The molecule has 0 spiro atoms. The predicted molar refractivity (Wildman–Crippen MR) is 39.6 cm³/mol. The third-order valence-electron chi connectivity index (χ3n) is 1.81. The first-order valence-electron chi connectivity index (χ1n) is 3.57. The zero-order chi connectivity index (χ0) is 8.27. The van der Waals surface area contributed by atoms with E-state index in [4.69, 9.17) is 5.53 Å². The first-order chi connectivity index (χ1) is 5.25. The molecule has 0 radical (unpaired) electrons. The molecule has 1 unspecified atom stereocenters. The first-order valence-corrected chi connectivity index (χ1v) is 3.57. The van der Waals surface area contributed by atoms with Gasteiger partial charge in [-0.25, -0.2) is 0 Å². The fraction of sp³-hybridized carbons (Fsp3) is 0.833. The van der Waals surface area contributed by atoms with Crippen LogP contribution in [0.5, 0.6) is 0 Å². The van der Waals surface area contributed by atoms with Gasteiger partial charge in [-0.1, -0.05) is 5.11 Å². The average Bonchev–Trinajstić information content (AvgIpc) is 2.36. The number of likely N-dealkylation sites (tertiary alicyclic amines) is 1. The summed E-state index contributed by atoms with van der Waals surface area (Å²) in [7, 11) is 0. The molecule has 1 aliphatic heterocycles. The third kappa shape index (κ3) is 1.62. The van der Waals surface area contributed by atoms with E-state index >= 15 is 0 Å². The van der Waals surface area contributed by atoms with Crippen molar-refractivity contribution in [2.75, 3.05) is 6.54 Å². The summed E-state index contributed by atoms with van der Waals surface area (Å²) >= 11 is 0. The van der Waals surface area contributed by atoms with Crippen LogP contribution in [0.25, 0.3) is 10.4 Å². The van der Waals surface area contributed by atoms with Crippen molar-refractivity contribution in [3.8, 4) is 0 Å². The molecule has 1 fully saturated rings. The summed E-state index contributed by atoms with van der Waals surface area (Å²) in [4.78, 5) is 15.2. The van der Waals surface area contributed by atoms with Crippen molar-refractivity contribution in [2.24, 2.45) is 5.11 Å². The topological polar surface area (TPSA) is 69.1 Å². The number of amides is 1. The zero-order valence-electron chi connectivity index (χ0n) is 6.40. The highest BCUT2D eigenvalue weighted by atomic mass is 16.2. The molecule has 0 aromatic rings. The van der Waals surface area contributed by atoms with E-state index in [1.54, 1.807) is 4.90 Å². The van der Waals surface area contributed by atoms with Crippen LogP contribution < -0.4 is 0 Å². The Morgan fingerprint density at radius 2 is 2.55 bits per heavy atom. The molecular formula is C6H10N4O. The molecule has 1 aliphatic rings. The minimum atomic E-state index is -0.238. The summed E-state index contributed by atoms with van der Waals surface area (Å²) in [6, 6.07) is 0. The Bertz CT molecular complexity index is 201. The number of hydrogen-bond acceptors (Lipinski definition) is 2. The minimum Gasteiger partial charge on any atom is -0.334 e. The van der Waals surface area contributed by atoms with Gasteiger partial charge < -0.3 is 4.90 Å². The average molecular weight is 154 g/mol. The first kappa shape index (κ1) is 7.88. The SMILES string of the molecule is CC(=O)N1CCCC1N=[N+]=[N-]. The summed E-state index contributed by atoms with van der Waals surface area (Å²) in [5, 5.41) is 3.51. The molecule has 5 heteroatoms. The van der Waals surface area contributed by atoms with E-state index in [1.807, 2.05) is 0 Å². The predicted octanol–water partition coefficient (Wildman–Crippen LogP) is 1.27. The van der Waals surface area contributed by atoms with E-state index in [0.717, 1.165) is 19.4 Å². The van der Waals surface area contributed by atoms with E-state index in [2.05, 4.69) is 10.0 Å². The van der Waals surface area contributed by atoms with E-state index in [9.17, 15) is 4.79 Å². The van der Waals surface area contributed by atoms with Crippen molar-refractivity contribution in [3.05, 3.63) is 10.4 Å². The van der Waals surface area contributed by atoms with Gasteiger partial charge in [0.15, 0.2) is 0 Å². The van der Waals surface area contributed by atoms with Gasteiger partial charge in [-0.3, -0.25) is 4.79 Å². The highest BCUT2D eigenvalue weighted by Gasteiger charge is 2.24. The molecule has 1 atom stereocenters. The van der Waals surface area contributed by atoms with Gasteiger partial charge in [0.25, 0.3) is 0 Å². The van der Waals surface area contributed by atoms with Crippen LogP contribution in [0, 0.1) is 0 Å². The number of nitrogens with zero attached hydrogens (tertiary/aromatic N) is 4. The second kappa shape index (κ2) is 3.25. The highest BCUT2D eigenvalue weighted by Crippen LogP contribution is 2.17. The van der Waals surface area contributed by atoms with Crippen molar-refractivity contribution in [1.29, 1.82) is 0 Å². The maximum atomic E-state index is 10.9. The number of carbonyl (C=O) groups is 1. The lowest BCUT2D eigenvalue weighted by atomic mass is 10.3. The van der Waals surface area contributed by atoms with Gasteiger partial charge in [-0.05, 0) is 18.4 Å². The van der Waals surface area contributed by atoms with Crippen molar-refractivity contribution in [1.82, 2.24) is 4.90 Å². The third-order valence-corrected chi connectivity index (χ3v) is 1.81. The Balaban J connectivity index is 2.64. The van der Waals surface area contributed by atoms with Gasteiger partial charge in [0.05, 0.1) is 0 Å². The van der Waals surface area contributed by atoms with Crippen molar-refractivity contribution < 1.29 is 4.79 Å². The molecular weight excluding hydrogens is 144 g/mol. The minimum absolute atomic E-state index is 0.0140. The molecule has 60 valence electrons. The van der Waals surface area contributed by atoms with Crippen molar-refractivity contribution >= 4 is 5.91 Å². The molecule has 0 saturated carbocycles. The van der Waals surface area contributed by atoms with Crippen LogP contribution in [-0.2, 0) is 4.79 Å². The zero-order valence-corrected chi connectivity index (χ0v) is 6.40. The lowest BCUT2D eigenvalue weighted by Gasteiger charge is -2.17. The van der Waals surface area contributed by atoms with Crippen LogP contribution in [0.2, 0.25) is 0 Å². The molecule has 1 heterocycles. The quantitative estimate of drug-likeness (QED) is 0.318. The lowest BCUT2D eigenvalue weighted by molar-refractivity contribution is -0.129. The number of hydrogen-bond donors (Lipinski definition) is 0. The second-order valence-corrected chi connectivity index (χ2v) is 2.54. The fourth-order valence-corrected chi connectivity index (χ4v) is 1.30. The summed E-state index contributed by atoms with van der Waals surface area (Å²) in [5.41, 5.74) is 8.15. The van der Waals surface area contributed by atoms with Gasteiger partial charge in [-0.2, -0.15) is 0 Å². The monoisotopic (exact) mass is 154 g/mol. The van der Waals surface area contributed by atoms with Gasteiger partial charge in [-0.15, -0.1) is 0 Å². The van der Waals surface area contributed by atoms with Crippen LogP contribution in [0.3, 0.4) is 0 Å². The smallest absolute Gasteiger partial charge is 0.219 e. The maximum absolute atomic E-state index is 10.9.